The van der Waals surface area contributed by atoms with Gasteiger partial charge in [0, 0.05) is 10.0 Å². The Labute approximate surface area is 113 Å². The number of aryl methyl sites for hydroxylation is 1. The van der Waals surface area contributed by atoms with Gasteiger partial charge in [-0.25, -0.2) is 14.4 Å². The van der Waals surface area contributed by atoms with Crippen LogP contribution in [0.15, 0.2) is 22.7 Å². The molecule has 0 spiro atoms. The molecule has 0 fully saturated rings. The largest absolute Gasteiger partial charge is 0.383 e. The van der Waals surface area contributed by atoms with Gasteiger partial charge < -0.3 is 11.1 Å². The molecule has 1 heterocycles. The fourth-order valence-electron chi connectivity index (χ4n) is 1.49. The van der Waals surface area contributed by atoms with Gasteiger partial charge in [-0.2, -0.15) is 0 Å². The molecule has 0 unspecified atom stereocenters. The van der Waals surface area contributed by atoms with Gasteiger partial charge in [0.1, 0.15) is 23.3 Å². The first-order valence-electron chi connectivity index (χ1n) is 5.30. The van der Waals surface area contributed by atoms with Crippen LogP contribution in [0.25, 0.3) is 0 Å². The summed E-state index contributed by atoms with van der Waals surface area (Å²) in [5.41, 5.74) is 7.09. The molecular weight excluding hydrogens is 299 g/mol. The Kier molecular flexibility index (Phi) is 3.47. The third-order valence-corrected chi connectivity index (χ3v) is 3.17. The maximum Gasteiger partial charge on any atom is 0.139 e. The SMILES string of the molecule is Cc1nc(N)c(C)c(Nc2cc(F)ccc2Br)n1. The first kappa shape index (κ1) is 12.8. The van der Waals surface area contributed by atoms with Gasteiger partial charge in [0.15, 0.2) is 0 Å². The molecule has 0 aliphatic heterocycles. The lowest BCUT2D eigenvalue weighted by molar-refractivity contribution is 0.628. The van der Waals surface area contributed by atoms with Crippen molar-refractivity contribution in [3.8, 4) is 0 Å². The van der Waals surface area contributed by atoms with E-state index < -0.39 is 0 Å². The van der Waals surface area contributed by atoms with Gasteiger partial charge in [-0.05, 0) is 48.0 Å². The Hall–Kier alpha value is -1.69. The van der Waals surface area contributed by atoms with Gasteiger partial charge in [-0.1, -0.05) is 0 Å². The number of hydrogen-bond acceptors (Lipinski definition) is 4. The van der Waals surface area contributed by atoms with Gasteiger partial charge in [-0.3, -0.25) is 0 Å². The van der Waals surface area contributed by atoms with E-state index in [9.17, 15) is 4.39 Å². The molecule has 2 rings (SSSR count). The van der Waals surface area contributed by atoms with Crippen molar-refractivity contribution < 1.29 is 4.39 Å². The molecule has 1 aromatic carbocycles. The molecule has 94 valence electrons. The van der Waals surface area contributed by atoms with Crippen molar-refractivity contribution in [2.24, 2.45) is 0 Å². The molecule has 1 aromatic heterocycles. The predicted molar refractivity (Wildman–Crippen MR) is 73.3 cm³/mol. The Morgan fingerprint density at radius 3 is 2.72 bits per heavy atom. The highest BCUT2D eigenvalue weighted by Crippen LogP contribution is 2.28. The molecule has 0 aliphatic rings. The van der Waals surface area contributed by atoms with Crippen LogP contribution in [0.1, 0.15) is 11.4 Å². The molecule has 2 aromatic rings. The molecule has 18 heavy (non-hydrogen) atoms. The summed E-state index contributed by atoms with van der Waals surface area (Å²) < 4.78 is 13.9. The second kappa shape index (κ2) is 4.89. The number of nitrogens with zero attached hydrogens (tertiary/aromatic N) is 2. The molecule has 0 radical (unpaired) electrons. The third-order valence-electron chi connectivity index (χ3n) is 2.48. The fraction of sp³-hybridized carbons (Fsp3) is 0.167. The zero-order valence-electron chi connectivity index (χ0n) is 9.96. The van der Waals surface area contributed by atoms with Crippen molar-refractivity contribution in [3.05, 3.63) is 39.9 Å². The Morgan fingerprint density at radius 2 is 2.00 bits per heavy atom. The van der Waals surface area contributed by atoms with E-state index in [-0.39, 0.29) is 5.82 Å². The van der Waals surface area contributed by atoms with Crippen molar-refractivity contribution >= 4 is 33.3 Å². The van der Waals surface area contributed by atoms with E-state index in [2.05, 4.69) is 31.2 Å². The number of anilines is 3. The van der Waals surface area contributed by atoms with E-state index in [0.29, 0.717) is 23.1 Å². The first-order chi connectivity index (χ1) is 8.47. The van der Waals surface area contributed by atoms with Crippen molar-refractivity contribution in [2.75, 3.05) is 11.1 Å². The molecule has 3 N–H and O–H groups in total. The number of hydrogen-bond donors (Lipinski definition) is 2. The molecule has 0 saturated heterocycles. The van der Waals surface area contributed by atoms with E-state index in [1.54, 1.807) is 13.0 Å². The predicted octanol–water partition coefficient (Wildman–Crippen LogP) is 3.32. The molecule has 0 aliphatic carbocycles. The summed E-state index contributed by atoms with van der Waals surface area (Å²) in [5.74, 6) is 1.23. The number of nitrogens with one attached hydrogen (secondary N) is 1. The highest BCUT2D eigenvalue weighted by Gasteiger charge is 2.09. The maximum atomic E-state index is 13.2. The highest BCUT2D eigenvalue weighted by atomic mass is 79.9. The lowest BCUT2D eigenvalue weighted by atomic mass is 10.2. The fourth-order valence-corrected chi connectivity index (χ4v) is 1.84. The Morgan fingerprint density at radius 1 is 1.28 bits per heavy atom. The average molecular weight is 311 g/mol. The van der Waals surface area contributed by atoms with Gasteiger partial charge in [-0.15, -0.1) is 0 Å². The lowest BCUT2D eigenvalue weighted by Crippen LogP contribution is -2.05. The number of halogens is 2. The standard InChI is InChI=1S/C12H12BrFN4/c1-6-11(15)16-7(2)17-12(6)18-10-5-8(14)3-4-9(10)13/h3-5H,1-2H3,(H3,15,16,17,18). The number of aromatic nitrogens is 2. The topological polar surface area (TPSA) is 63.8 Å². The minimum absolute atomic E-state index is 0.322. The van der Waals surface area contributed by atoms with Crippen molar-refractivity contribution in [1.29, 1.82) is 0 Å². The van der Waals surface area contributed by atoms with E-state index in [4.69, 9.17) is 5.73 Å². The second-order valence-electron chi connectivity index (χ2n) is 3.88. The summed E-state index contributed by atoms with van der Waals surface area (Å²) in [6.45, 7) is 3.56. The summed E-state index contributed by atoms with van der Waals surface area (Å²) in [4.78, 5) is 8.31. The Balaban J connectivity index is 2.43. The van der Waals surface area contributed by atoms with E-state index >= 15 is 0 Å². The maximum absolute atomic E-state index is 13.2. The van der Waals surface area contributed by atoms with E-state index in [1.807, 2.05) is 6.92 Å². The molecule has 0 bridgehead atoms. The van der Waals surface area contributed by atoms with Gasteiger partial charge >= 0.3 is 0 Å². The monoisotopic (exact) mass is 310 g/mol. The summed E-state index contributed by atoms with van der Waals surface area (Å²) in [6, 6.07) is 4.39. The molecule has 0 amide bonds. The zero-order valence-corrected chi connectivity index (χ0v) is 11.5. The van der Waals surface area contributed by atoms with Crippen LogP contribution in [0.5, 0.6) is 0 Å². The van der Waals surface area contributed by atoms with Crippen LogP contribution in [-0.2, 0) is 0 Å². The highest BCUT2D eigenvalue weighted by molar-refractivity contribution is 9.10. The normalized spacial score (nSPS) is 10.4. The summed E-state index contributed by atoms with van der Waals surface area (Å²) in [5, 5.41) is 3.04. The van der Waals surface area contributed by atoms with Gasteiger partial charge in [0.25, 0.3) is 0 Å². The number of nitrogens with two attached hydrogens (primary N) is 1. The van der Waals surface area contributed by atoms with Crippen LogP contribution >= 0.6 is 15.9 Å². The van der Waals surface area contributed by atoms with Crippen LogP contribution in [-0.4, -0.2) is 9.97 Å². The zero-order chi connectivity index (χ0) is 13.3. The van der Waals surface area contributed by atoms with Crippen LogP contribution in [0.3, 0.4) is 0 Å². The van der Waals surface area contributed by atoms with Crippen molar-refractivity contribution in [2.45, 2.75) is 13.8 Å². The molecule has 0 atom stereocenters. The van der Waals surface area contributed by atoms with Crippen LogP contribution in [0, 0.1) is 19.7 Å². The van der Waals surface area contributed by atoms with Crippen molar-refractivity contribution in [1.82, 2.24) is 9.97 Å². The van der Waals surface area contributed by atoms with Gasteiger partial charge in [0.2, 0.25) is 0 Å². The number of benzene rings is 1. The van der Waals surface area contributed by atoms with Crippen molar-refractivity contribution in [3.63, 3.8) is 0 Å². The lowest BCUT2D eigenvalue weighted by Gasteiger charge is -2.12. The summed E-state index contributed by atoms with van der Waals surface area (Å²) in [6.07, 6.45) is 0. The van der Waals surface area contributed by atoms with Crippen LogP contribution < -0.4 is 11.1 Å². The summed E-state index contributed by atoms with van der Waals surface area (Å²) >= 11 is 3.35. The smallest absolute Gasteiger partial charge is 0.139 e. The molecule has 6 heteroatoms. The minimum Gasteiger partial charge on any atom is -0.383 e. The molecule has 4 nitrogen and oxygen atoms in total. The second-order valence-corrected chi connectivity index (χ2v) is 4.73. The van der Waals surface area contributed by atoms with Gasteiger partial charge in [0.05, 0.1) is 5.69 Å². The molecular formula is C12H12BrFN4. The number of rotatable bonds is 2. The minimum atomic E-state index is -0.322. The van der Waals surface area contributed by atoms with Crippen LogP contribution in [0.2, 0.25) is 0 Å². The van der Waals surface area contributed by atoms with Crippen LogP contribution in [0.4, 0.5) is 21.7 Å². The average Bonchev–Trinajstić information content (AvgIpc) is 2.30. The summed E-state index contributed by atoms with van der Waals surface area (Å²) in [7, 11) is 0. The quantitative estimate of drug-likeness (QED) is 0.893. The van der Waals surface area contributed by atoms with E-state index in [0.717, 1.165) is 10.0 Å². The first-order valence-corrected chi connectivity index (χ1v) is 6.09. The molecule has 0 saturated carbocycles. The third kappa shape index (κ3) is 2.59. The van der Waals surface area contributed by atoms with E-state index in [1.165, 1.54) is 12.1 Å². The Bertz CT molecular complexity index is 601. The number of nitrogen functional groups attached to an aromatic ring is 1.